The van der Waals surface area contributed by atoms with Crippen LogP contribution in [-0.2, 0) is 9.84 Å². The summed E-state index contributed by atoms with van der Waals surface area (Å²) in [5.74, 6) is -0.328. The van der Waals surface area contributed by atoms with Crippen molar-refractivity contribution in [3.63, 3.8) is 0 Å². The normalized spacial score (nSPS) is 14.0. The quantitative estimate of drug-likeness (QED) is 0.718. The first-order valence-corrected chi connectivity index (χ1v) is 5.67. The first kappa shape index (κ1) is 10.1. The fourth-order valence-corrected chi connectivity index (χ4v) is 1.60. The number of aliphatic hydroxyl groups excluding tert-OH is 1. The lowest BCUT2D eigenvalue weighted by molar-refractivity contribution is 0.196. The number of rotatable bonds is 3. The second kappa shape index (κ2) is 3.80. The molecule has 1 aromatic heterocycles. The van der Waals surface area contributed by atoms with Gasteiger partial charge in [0.1, 0.15) is 15.9 Å². The molecule has 13 heavy (non-hydrogen) atoms. The topological polar surface area (TPSA) is 80.2 Å². The van der Waals surface area contributed by atoms with Crippen LogP contribution in [0.1, 0.15) is 11.8 Å². The SMILES string of the molecule is CS(=O)(=O)CC(O)c1cnccn1. The minimum absolute atomic E-state index is 0.271. The Hall–Kier alpha value is -1.01. The van der Waals surface area contributed by atoms with Crippen LogP contribution in [0, 0.1) is 0 Å². The summed E-state index contributed by atoms with van der Waals surface area (Å²) in [6, 6.07) is 0. The van der Waals surface area contributed by atoms with Crippen molar-refractivity contribution in [1.29, 1.82) is 0 Å². The van der Waals surface area contributed by atoms with E-state index in [0.717, 1.165) is 6.26 Å². The summed E-state index contributed by atoms with van der Waals surface area (Å²) >= 11 is 0. The third-order valence-electron chi connectivity index (χ3n) is 1.39. The minimum atomic E-state index is -3.19. The maximum absolute atomic E-state index is 10.8. The number of aromatic nitrogens is 2. The summed E-state index contributed by atoms with van der Waals surface area (Å²) in [7, 11) is -3.19. The summed E-state index contributed by atoms with van der Waals surface area (Å²) in [6.45, 7) is 0. The Morgan fingerprint density at radius 3 is 2.69 bits per heavy atom. The van der Waals surface area contributed by atoms with Crippen LogP contribution in [0.4, 0.5) is 0 Å². The highest BCUT2D eigenvalue weighted by Gasteiger charge is 2.15. The van der Waals surface area contributed by atoms with Gasteiger partial charge < -0.3 is 5.11 Å². The van der Waals surface area contributed by atoms with Crippen LogP contribution < -0.4 is 0 Å². The monoisotopic (exact) mass is 202 g/mol. The number of sulfone groups is 1. The number of hydrogen-bond donors (Lipinski definition) is 1. The molecular formula is C7H10N2O3S. The lowest BCUT2D eigenvalue weighted by Crippen LogP contribution is -2.13. The second-order valence-corrected chi connectivity index (χ2v) is 4.92. The van der Waals surface area contributed by atoms with Crippen molar-refractivity contribution < 1.29 is 13.5 Å². The van der Waals surface area contributed by atoms with E-state index in [4.69, 9.17) is 0 Å². The Balaban J connectivity index is 2.76. The third kappa shape index (κ3) is 3.47. The highest BCUT2D eigenvalue weighted by atomic mass is 32.2. The maximum atomic E-state index is 10.8. The van der Waals surface area contributed by atoms with Crippen molar-refractivity contribution in [2.24, 2.45) is 0 Å². The Kier molecular flexibility index (Phi) is 2.94. The van der Waals surface area contributed by atoms with Crippen molar-refractivity contribution >= 4 is 9.84 Å². The van der Waals surface area contributed by atoms with Gasteiger partial charge in [-0.3, -0.25) is 9.97 Å². The van der Waals surface area contributed by atoms with Crippen LogP contribution in [0.15, 0.2) is 18.6 Å². The van der Waals surface area contributed by atoms with Crippen LogP contribution in [0.25, 0.3) is 0 Å². The molecule has 0 fully saturated rings. The molecule has 1 atom stereocenters. The van der Waals surface area contributed by atoms with E-state index in [-0.39, 0.29) is 11.4 Å². The smallest absolute Gasteiger partial charge is 0.150 e. The average molecular weight is 202 g/mol. The molecule has 1 rings (SSSR count). The molecule has 0 aliphatic carbocycles. The zero-order valence-corrected chi connectivity index (χ0v) is 7.90. The molecule has 5 nitrogen and oxygen atoms in total. The lowest BCUT2D eigenvalue weighted by Gasteiger charge is -2.06. The van der Waals surface area contributed by atoms with Gasteiger partial charge in [0.15, 0.2) is 0 Å². The van der Waals surface area contributed by atoms with E-state index in [1.165, 1.54) is 18.6 Å². The van der Waals surface area contributed by atoms with Crippen LogP contribution in [0.5, 0.6) is 0 Å². The summed E-state index contributed by atoms with van der Waals surface area (Å²) < 4.78 is 21.6. The third-order valence-corrected chi connectivity index (χ3v) is 2.31. The van der Waals surface area contributed by atoms with E-state index in [1.807, 2.05) is 0 Å². The van der Waals surface area contributed by atoms with Gasteiger partial charge in [0, 0.05) is 18.6 Å². The fourth-order valence-electron chi connectivity index (χ4n) is 0.855. The standard InChI is InChI=1S/C7H10N2O3S/c1-13(11,12)5-7(10)6-4-8-2-3-9-6/h2-4,7,10H,5H2,1H3. The van der Waals surface area contributed by atoms with E-state index in [9.17, 15) is 13.5 Å². The van der Waals surface area contributed by atoms with E-state index in [2.05, 4.69) is 9.97 Å². The highest BCUT2D eigenvalue weighted by molar-refractivity contribution is 7.90. The van der Waals surface area contributed by atoms with E-state index >= 15 is 0 Å². The van der Waals surface area contributed by atoms with Crippen molar-refractivity contribution in [3.05, 3.63) is 24.3 Å². The summed E-state index contributed by atoms with van der Waals surface area (Å²) in [6.07, 6.45) is 4.17. The Labute approximate surface area is 76.4 Å². The Bertz CT molecular complexity index is 363. The van der Waals surface area contributed by atoms with E-state index < -0.39 is 15.9 Å². The second-order valence-electron chi connectivity index (χ2n) is 2.74. The molecule has 0 spiro atoms. The number of nitrogens with zero attached hydrogens (tertiary/aromatic N) is 2. The fraction of sp³-hybridized carbons (Fsp3) is 0.429. The molecule has 1 N–H and O–H groups in total. The lowest BCUT2D eigenvalue weighted by atomic mass is 10.3. The molecule has 6 heteroatoms. The van der Waals surface area contributed by atoms with Crippen LogP contribution in [0.3, 0.4) is 0 Å². The molecular weight excluding hydrogens is 192 g/mol. The van der Waals surface area contributed by atoms with Crippen molar-refractivity contribution in [2.45, 2.75) is 6.10 Å². The molecule has 0 aliphatic rings. The Morgan fingerprint density at radius 2 is 2.23 bits per heavy atom. The summed E-state index contributed by atoms with van der Waals surface area (Å²) in [5.41, 5.74) is 0.271. The largest absolute Gasteiger partial charge is 0.386 e. The molecule has 0 saturated heterocycles. The predicted octanol–water partition coefficient (Wildman–Crippen LogP) is -0.445. The molecule has 1 heterocycles. The van der Waals surface area contributed by atoms with Gasteiger partial charge in [-0.05, 0) is 0 Å². The van der Waals surface area contributed by atoms with Gasteiger partial charge in [-0.25, -0.2) is 8.42 Å². The van der Waals surface area contributed by atoms with E-state index in [0.29, 0.717) is 0 Å². The van der Waals surface area contributed by atoms with Crippen LogP contribution in [-0.4, -0.2) is 35.5 Å². The average Bonchev–Trinajstić information content (AvgIpc) is 2.03. The molecule has 1 aromatic rings. The number of aliphatic hydroxyl groups is 1. The first-order valence-electron chi connectivity index (χ1n) is 3.61. The van der Waals surface area contributed by atoms with Crippen molar-refractivity contribution in [1.82, 2.24) is 9.97 Å². The molecule has 0 radical (unpaired) electrons. The molecule has 0 amide bonds. The van der Waals surface area contributed by atoms with Crippen molar-refractivity contribution in [2.75, 3.05) is 12.0 Å². The van der Waals surface area contributed by atoms with Crippen molar-refractivity contribution in [3.8, 4) is 0 Å². The zero-order valence-electron chi connectivity index (χ0n) is 7.08. The van der Waals surface area contributed by atoms with Gasteiger partial charge >= 0.3 is 0 Å². The van der Waals surface area contributed by atoms with Gasteiger partial charge in [0.05, 0.1) is 17.6 Å². The van der Waals surface area contributed by atoms with Gasteiger partial charge in [-0.2, -0.15) is 0 Å². The number of hydrogen-bond acceptors (Lipinski definition) is 5. The minimum Gasteiger partial charge on any atom is -0.386 e. The molecule has 0 saturated carbocycles. The summed E-state index contributed by atoms with van der Waals surface area (Å²) in [5, 5.41) is 9.37. The molecule has 0 bridgehead atoms. The molecule has 0 aromatic carbocycles. The van der Waals surface area contributed by atoms with Gasteiger partial charge in [0.2, 0.25) is 0 Å². The summed E-state index contributed by atoms with van der Waals surface area (Å²) in [4.78, 5) is 7.50. The van der Waals surface area contributed by atoms with E-state index in [1.54, 1.807) is 0 Å². The van der Waals surface area contributed by atoms with Gasteiger partial charge in [0.25, 0.3) is 0 Å². The molecule has 0 aliphatic heterocycles. The van der Waals surface area contributed by atoms with Crippen LogP contribution in [0.2, 0.25) is 0 Å². The van der Waals surface area contributed by atoms with Gasteiger partial charge in [-0.15, -0.1) is 0 Å². The van der Waals surface area contributed by atoms with Gasteiger partial charge in [-0.1, -0.05) is 0 Å². The zero-order chi connectivity index (χ0) is 9.90. The first-order chi connectivity index (χ1) is 5.99. The highest BCUT2D eigenvalue weighted by Crippen LogP contribution is 2.09. The Morgan fingerprint density at radius 1 is 1.54 bits per heavy atom. The molecule has 72 valence electrons. The predicted molar refractivity (Wildman–Crippen MR) is 46.7 cm³/mol. The molecule has 1 unspecified atom stereocenters. The maximum Gasteiger partial charge on any atom is 0.150 e. The van der Waals surface area contributed by atoms with Crippen LogP contribution >= 0.6 is 0 Å².